The zero-order valence-corrected chi connectivity index (χ0v) is 12.6. The predicted molar refractivity (Wildman–Crippen MR) is 76.2 cm³/mol. The molecule has 0 amide bonds. The van der Waals surface area contributed by atoms with E-state index < -0.39 is 41.5 Å². The van der Waals surface area contributed by atoms with Crippen molar-refractivity contribution in [1.82, 2.24) is 0 Å². The molecule has 0 bridgehead atoms. The third-order valence-corrected chi connectivity index (χ3v) is 3.31. The van der Waals surface area contributed by atoms with E-state index >= 15 is 0 Å². The predicted octanol–water partition coefficient (Wildman–Crippen LogP) is 4.39. The van der Waals surface area contributed by atoms with Crippen LogP contribution >= 0.6 is 0 Å². The molecule has 0 aromatic heterocycles. The number of carbonyl (C=O) groups is 1. The van der Waals surface area contributed by atoms with Crippen LogP contribution in [0.5, 0.6) is 5.75 Å². The van der Waals surface area contributed by atoms with Gasteiger partial charge in [-0.05, 0) is 17.7 Å². The summed E-state index contributed by atoms with van der Waals surface area (Å²) in [5.41, 5.74) is -2.99. The summed E-state index contributed by atoms with van der Waals surface area (Å²) in [5.74, 6) is -2.62. The Bertz CT molecular complexity index is 813. The molecule has 0 radical (unpaired) electrons. The highest BCUT2D eigenvalue weighted by atomic mass is 19.4. The number of alkyl halides is 6. The monoisotopic (exact) mass is 380 g/mol. The van der Waals surface area contributed by atoms with Crippen molar-refractivity contribution < 1.29 is 46.1 Å². The normalized spacial score (nSPS) is 13.3. The van der Waals surface area contributed by atoms with Crippen molar-refractivity contribution in [2.45, 2.75) is 18.6 Å². The molecule has 0 fully saturated rings. The van der Waals surface area contributed by atoms with Crippen LogP contribution in [0.4, 0.5) is 26.3 Å². The van der Waals surface area contributed by atoms with Gasteiger partial charge in [0.05, 0.1) is 5.56 Å². The van der Waals surface area contributed by atoms with E-state index in [2.05, 4.69) is 4.74 Å². The van der Waals surface area contributed by atoms with Crippen LogP contribution in [0.15, 0.2) is 42.5 Å². The van der Waals surface area contributed by atoms with Gasteiger partial charge in [0, 0.05) is 11.1 Å². The smallest absolute Gasteiger partial charge is 0.479 e. The molecule has 0 spiro atoms. The highest BCUT2D eigenvalue weighted by Crippen LogP contribution is 2.40. The number of benzene rings is 2. The summed E-state index contributed by atoms with van der Waals surface area (Å²) in [7, 11) is 0. The van der Waals surface area contributed by atoms with Gasteiger partial charge in [0.1, 0.15) is 5.75 Å². The minimum Gasteiger partial charge on any atom is -0.479 e. The molecule has 2 rings (SSSR count). The van der Waals surface area contributed by atoms with Gasteiger partial charge in [-0.25, -0.2) is 4.79 Å². The number of carboxylic acids is 1. The minimum absolute atomic E-state index is 0.285. The average molecular weight is 380 g/mol. The lowest BCUT2D eigenvalue weighted by atomic mass is 9.95. The first kappa shape index (κ1) is 19.6. The van der Waals surface area contributed by atoms with Gasteiger partial charge in [0.15, 0.2) is 6.10 Å². The Morgan fingerprint density at radius 2 is 1.62 bits per heavy atom. The Labute approximate surface area is 142 Å². The van der Waals surface area contributed by atoms with Gasteiger partial charge in [0.2, 0.25) is 0 Å². The number of aliphatic hydroxyl groups excluding tert-OH is 1. The van der Waals surface area contributed by atoms with E-state index in [1.165, 1.54) is 12.1 Å². The molecule has 0 saturated heterocycles. The lowest BCUT2D eigenvalue weighted by Gasteiger charge is -2.18. The molecule has 26 heavy (non-hydrogen) atoms. The Morgan fingerprint density at radius 3 is 2.15 bits per heavy atom. The van der Waals surface area contributed by atoms with Gasteiger partial charge in [-0.3, -0.25) is 0 Å². The largest absolute Gasteiger partial charge is 0.573 e. The molecule has 0 aliphatic heterocycles. The Morgan fingerprint density at radius 1 is 1.00 bits per heavy atom. The fraction of sp³-hybridized carbons (Fsp3) is 0.188. The number of hydrogen-bond donors (Lipinski definition) is 2. The molecular weight excluding hydrogens is 370 g/mol. The van der Waals surface area contributed by atoms with E-state index in [-0.39, 0.29) is 11.1 Å². The Balaban J connectivity index is 2.62. The van der Waals surface area contributed by atoms with Gasteiger partial charge in [-0.1, -0.05) is 30.3 Å². The fourth-order valence-electron chi connectivity index (χ4n) is 2.26. The molecular formula is C16H10F6O4. The van der Waals surface area contributed by atoms with Crippen molar-refractivity contribution in [2.75, 3.05) is 0 Å². The summed E-state index contributed by atoms with van der Waals surface area (Å²) in [4.78, 5) is 10.8. The Kier molecular flexibility index (Phi) is 5.17. The van der Waals surface area contributed by atoms with Crippen LogP contribution in [0, 0.1) is 0 Å². The molecule has 1 atom stereocenters. The number of aliphatic hydroxyl groups is 1. The molecule has 140 valence electrons. The van der Waals surface area contributed by atoms with Gasteiger partial charge < -0.3 is 14.9 Å². The van der Waals surface area contributed by atoms with Crippen molar-refractivity contribution in [2.24, 2.45) is 0 Å². The van der Waals surface area contributed by atoms with Crippen molar-refractivity contribution in [1.29, 1.82) is 0 Å². The van der Waals surface area contributed by atoms with E-state index in [0.29, 0.717) is 12.1 Å². The Hall–Kier alpha value is -2.75. The third kappa shape index (κ3) is 4.45. The standard InChI is InChI=1S/C16H10F6O4/c17-15(18,19)11-7-8(5-6-10(11)13(23)14(24)25)9-3-1-2-4-12(9)26-16(20,21)22/h1-7,13,23H,(H,24,25). The highest BCUT2D eigenvalue weighted by Gasteiger charge is 2.37. The maximum absolute atomic E-state index is 13.2. The number of carboxylic acid groups (broad SMARTS) is 1. The van der Waals surface area contributed by atoms with Crippen molar-refractivity contribution in [3.05, 3.63) is 53.6 Å². The van der Waals surface area contributed by atoms with Crippen LogP contribution in [0.1, 0.15) is 17.2 Å². The molecule has 4 nitrogen and oxygen atoms in total. The molecule has 0 aliphatic carbocycles. The van der Waals surface area contributed by atoms with Gasteiger partial charge in [-0.2, -0.15) is 13.2 Å². The SMILES string of the molecule is O=C(O)C(O)c1ccc(-c2ccccc2OC(F)(F)F)cc1C(F)(F)F. The first-order chi connectivity index (χ1) is 11.9. The summed E-state index contributed by atoms with van der Waals surface area (Å²) in [6.07, 6.45) is -12.5. The van der Waals surface area contributed by atoms with Crippen LogP contribution < -0.4 is 4.74 Å². The second-order valence-corrected chi connectivity index (χ2v) is 5.08. The van der Waals surface area contributed by atoms with Crippen LogP contribution in [-0.4, -0.2) is 22.5 Å². The maximum Gasteiger partial charge on any atom is 0.573 e. The number of para-hydroxylation sites is 1. The topological polar surface area (TPSA) is 66.8 Å². The molecule has 0 saturated carbocycles. The highest BCUT2D eigenvalue weighted by molar-refractivity contribution is 5.77. The fourth-order valence-corrected chi connectivity index (χ4v) is 2.26. The van der Waals surface area contributed by atoms with Crippen LogP contribution in [0.25, 0.3) is 11.1 Å². The minimum atomic E-state index is -5.05. The quantitative estimate of drug-likeness (QED) is 0.773. The van der Waals surface area contributed by atoms with Crippen molar-refractivity contribution >= 4 is 5.97 Å². The molecule has 1 unspecified atom stereocenters. The van der Waals surface area contributed by atoms with Crippen molar-refractivity contribution in [3.8, 4) is 16.9 Å². The first-order valence-corrected chi connectivity index (χ1v) is 6.87. The zero-order valence-electron chi connectivity index (χ0n) is 12.6. The van der Waals surface area contributed by atoms with E-state index in [1.807, 2.05) is 0 Å². The van der Waals surface area contributed by atoms with Gasteiger partial charge in [-0.15, -0.1) is 13.2 Å². The number of halogens is 6. The van der Waals surface area contributed by atoms with E-state index in [4.69, 9.17) is 5.11 Å². The average Bonchev–Trinajstić information content (AvgIpc) is 2.51. The number of ether oxygens (including phenoxy) is 1. The maximum atomic E-state index is 13.2. The molecule has 2 aromatic rings. The van der Waals surface area contributed by atoms with E-state index in [9.17, 15) is 36.2 Å². The summed E-state index contributed by atoms with van der Waals surface area (Å²) in [5, 5.41) is 18.2. The lowest BCUT2D eigenvalue weighted by Crippen LogP contribution is -2.18. The first-order valence-electron chi connectivity index (χ1n) is 6.87. The molecule has 2 aromatic carbocycles. The van der Waals surface area contributed by atoms with Crippen LogP contribution in [0.3, 0.4) is 0 Å². The second kappa shape index (κ2) is 6.87. The zero-order chi connectivity index (χ0) is 19.7. The van der Waals surface area contributed by atoms with E-state index in [1.54, 1.807) is 0 Å². The van der Waals surface area contributed by atoms with Crippen LogP contribution in [-0.2, 0) is 11.0 Å². The summed E-state index contributed by atoms with van der Waals surface area (Å²) in [6.45, 7) is 0. The molecule has 2 N–H and O–H groups in total. The third-order valence-electron chi connectivity index (χ3n) is 3.31. The molecule has 10 heteroatoms. The molecule has 0 aliphatic rings. The van der Waals surface area contributed by atoms with Crippen molar-refractivity contribution in [3.63, 3.8) is 0 Å². The van der Waals surface area contributed by atoms with Gasteiger partial charge in [0.25, 0.3) is 0 Å². The van der Waals surface area contributed by atoms with E-state index in [0.717, 1.165) is 18.2 Å². The number of hydrogen-bond acceptors (Lipinski definition) is 3. The number of rotatable bonds is 4. The van der Waals surface area contributed by atoms with Gasteiger partial charge >= 0.3 is 18.5 Å². The summed E-state index contributed by atoms with van der Waals surface area (Å²) in [6, 6.07) is 6.67. The number of aliphatic carboxylic acids is 1. The molecule has 0 heterocycles. The summed E-state index contributed by atoms with van der Waals surface area (Å²) < 4.78 is 80.9. The van der Waals surface area contributed by atoms with Crippen LogP contribution in [0.2, 0.25) is 0 Å². The second-order valence-electron chi connectivity index (χ2n) is 5.08. The summed E-state index contributed by atoms with van der Waals surface area (Å²) >= 11 is 0. The lowest BCUT2D eigenvalue weighted by molar-refractivity contribution is -0.274.